The summed E-state index contributed by atoms with van der Waals surface area (Å²) in [5.41, 5.74) is 8.65. The van der Waals surface area contributed by atoms with Crippen LogP contribution in [0.2, 0.25) is 0 Å². The van der Waals surface area contributed by atoms with Gasteiger partial charge in [-0.2, -0.15) is 0 Å². The fourth-order valence-electron chi connectivity index (χ4n) is 3.24. The van der Waals surface area contributed by atoms with Crippen LogP contribution in [0.4, 0.5) is 0 Å². The van der Waals surface area contributed by atoms with E-state index in [-0.39, 0.29) is 29.4 Å². The van der Waals surface area contributed by atoms with E-state index in [9.17, 15) is 19.2 Å². The van der Waals surface area contributed by atoms with Crippen LogP contribution in [0.5, 0.6) is 0 Å². The zero-order valence-corrected chi connectivity index (χ0v) is 16.7. The molecule has 162 valence electrons. The molecule has 0 unspecified atom stereocenters. The van der Waals surface area contributed by atoms with Crippen molar-refractivity contribution in [2.75, 3.05) is 0 Å². The van der Waals surface area contributed by atoms with Gasteiger partial charge in [0.25, 0.3) is 5.56 Å². The van der Waals surface area contributed by atoms with Crippen LogP contribution in [0.25, 0.3) is 11.2 Å². The number of nitrogens with zero attached hydrogens (tertiary/aromatic N) is 4. The van der Waals surface area contributed by atoms with Crippen molar-refractivity contribution >= 4 is 34.6 Å². The summed E-state index contributed by atoms with van der Waals surface area (Å²) in [6.45, 7) is -0.374. The molecule has 2 aromatic heterocycles. The Morgan fingerprint density at radius 2 is 1.71 bits per heavy atom. The number of aryl methyl sites for hydroxylation is 1. The summed E-state index contributed by atoms with van der Waals surface area (Å²) in [7, 11) is 2.77. The molecule has 2 aromatic rings. The lowest BCUT2D eigenvalue weighted by atomic mass is 9.79. The monoisotopic (exact) mass is 427 g/mol. The maximum Gasteiger partial charge on any atom is 0.332 e. The van der Waals surface area contributed by atoms with Crippen molar-refractivity contribution in [2.24, 2.45) is 36.9 Å². The van der Waals surface area contributed by atoms with E-state index in [4.69, 9.17) is 22.3 Å². The van der Waals surface area contributed by atoms with Crippen molar-refractivity contribution in [3.05, 3.63) is 51.5 Å². The third-order valence-corrected chi connectivity index (χ3v) is 5.12. The number of hydrogen-bond donors (Lipinski definition) is 5. The molecule has 0 saturated carbocycles. The van der Waals surface area contributed by atoms with Gasteiger partial charge in [-0.25, -0.2) is 9.78 Å². The number of amidine groups is 2. The van der Waals surface area contributed by atoms with Crippen LogP contribution >= 0.6 is 0 Å². The van der Waals surface area contributed by atoms with Gasteiger partial charge in [-0.05, 0) is 0 Å². The lowest BCUT2D eigenvalue weighted by molar-refractivity contribution is -0.131. The standard InChI is InChI=1S/C18H21N9O4/c1-25-12-11(14(30)26(2)17(25)31)27(8-23-12)7-10(28)24-13(29)9-3-5-18(6-4-9,15(19)20)16(21)22/h3-6,8-9H,7H2,1-2H3,(H3,19,20)(H3,21,22)(H,24,28,29). The molecule has 1 aliphatic carbocycles. The van der Waals surface area contributed by atoms with Gasteiger partial charge in [-0.3, -0.25) is 39.7 Å². The van der Waals surface area contributed by atoms with E-state index in [1.807, 2.05) is 0 Å². The first-order chi connectivity index (χ1) is 14.5. The molecule has 0 bridgehead atoms. The fraction of sp³-hybridized carbons (Fsp3) is 0.278. The Labute approximate surface area is 174 Å². The van der Waals surface area contributed by atoms with Crippen LogP contribution in [0.3, 0.4) is 0 Å². The summed E-state index contributed by atoms with van der Waals surface area (Å²) >= 11 is 0. The molecule has 0 aliphatic heterocycles. The summed E-state index contributed by atoms with van der Waals surface area (Å²) in [6, 6.07) is 0. The Morgan fingerprint density at radius 1 is 1.13 bits per heavy atom. The first kappa shape index (κ1) is 21.4. The van der Waals surface area contributed by atoms with Gasteiger partial charge in [-0.15, -0.1) is 0 Å². The number of imide groups is 1. The van der Waals surface area contributed by atoms with Gasteiger partial charge in [0, 0.05) is 14.1 Å². The molecule has 31 heavy (non-hydrogen) atoms. The smallest absolute Gasteiger partial charge is 0.332 e. The van der Waals surface area contributed by atoms with E-state index < -0.39 is 34.4 Å². The topological polar surface area (TPSA) is 208 Å². The first-order valence-electron chi connectivity index (χ1n) is 9.02. The first-order valence-corrected chi connectivity index (χ1v) is 9.02. The number of carbonyl (C=O) groups is 2. The number of fused-ring (bicyclic) bond motifs is 1. The van der Waals surface area contributed by atoms with Gasteiger partial charge >= 0.3 is 5.69 Å². The zero-order valence-electron chi connectivity index (χ0n) is 16.7. The predicted molar refractivity (Wildman–Crippen MR) is 111 cm³/mol. The van der Waals surface area contributed by atoms with Gasteiger partial charge in [-0.1, -0.05) is 24.3 Å². The van der Waals surface area contributed by atoms with E-state index >= 15 is 0 Å². The van der Waals surface area contributed by atoms with E-state index in [2.05, 4.69) is 10.3 Å². The number of rotatable bonds is 5. The summed E-state index contributed by atoms with van der Waals surface area (Å²) in [6.07, 6.45) is 6.75. The van der Waals surface area contributed by atoms with Gasteiger partial charge in [0.2, 0.25) is 11.8 Å². The minimum atomic E-state index is -1.40. The maximum absolute atomic E-state index is 12.4. The molecule has 2 amide bonds. The summed E-state index contributed by atoms with van der Waals surface area (Å²) in [5, 5.41) is 17.5. The van der Waals surface area contributed by atoms with Crippen molar-refractivity contribution in [2.45, 2.75) is 6.54 Å². The normalized spacial score (nSPS) is 20.0. The molecule has 2 heterocycles. The zero-order chi connectivity index (χ0) is 23.1. The third-order valence-electron chi connectivity index (χ3n) is 5.12. The minimum absolute atomic E-state index is 0.0531. The Morgan fingerprint density at radius 3 is 2.26 bits per heavy atom. The average molecular weight is 427 g/mol. The lowest BCUT2D eigenvalue weighted by Crippen LogP contribution is -2.46. The van der Waals surface area contributed by atoms with Crippen LogP contribution in [-0.4, -0.2) is 42.2 Å². The molecule has 7 N–H and O–H groups in total. The molecule has 3 rings (SSSR count). The van der Waals surface area contributed by atoms with Crippen LogP contribution in [-0.2, 0) is 30.2 Å². The third kappa shape index (κ3) is 3.45. The SMILES string of the molecule is Cn1c(=O)c2c(ncn2CC(=O)NC(=O)C2C=CC(C(=N)N)(C(=N)N)C=C2)n(C)c1=O. The van der Waals surface area contributed by atoms with E-state index in [1.54, 1.807) is 0 Å². The summed E-state index contributed by atoms with van der Waals surface area (Å²) in [4.78, 5) is 53.2. The Hall–Kier alpha value is -4.29. The number of nitrogens with two attached hydrogens (primary N) is 2. The van der Waals surface area contributed by atoms with Crippen molar-refractivity contribution < 1.29 is 9.59 Å². The second-order valence-corrected chi connectivity index (χ2v) is 7.10. The highest BCUT2D eigenvalue weighted by Gasteiger charge is 2.35. The summed E-state index contributed by atoms with van der Waals surface area (Å²) < 4.78 is 3.34. The van der Waals surface area contributed by atoms with Gasteiger partial charge < -0.3 is 16.0 Å². The van der Waals surface area contributed by atoms with E-state index in [1.165, 1.54) is 53.9 Å². The molecule has 1 aliphatic rings. The van der Waals surface area contributed by atoms with Gasteiger partial charge in [0.15, 0.2) is 11.2 Å². The molecule has 0 radical (unpaired) electrons. The molecule has 0 fully saturated rings. The number of carbonyl (C=O) groups excluding carboxylic acids is 2. The highest BCUT2D eigenvalue weighted by molar-refractivity contribution is 6.11. The predicted octanol–water partition coefficient (Wildman–Crippen LogP) is -2.32. The number of aromatic nitrogens is 4. The molecular formula is C18H21N9O4. The van der Waals surface area contributed by atoms with Crippen molar-refractivity contribution in [1.82, 2.24) is 24.0 Å². The number of nitrogens with one attached hydrogen (secondary N) is 3. The van der Waals surface area contributed by atoms with Crippen LogP contribution in [0.1, 0.15) is 0 Å². The Bertz CT molecular complexity index is 1280. The molecule has 0 saturated heterocycles. The van der Waals surface area contributed by atoms with E-state index in [0.717, 1.165) is 4.57 Å². The molecule has 0 spiro atoms. The van der Waals surface area contributed by atoms with Crippen LogP contribution < -0.4 is 28.0 Å². The minimum Gasteiger partial charge on any atom is -0.386 e. The van der Waals surface area contributed by atoms with Crippen molar-refractivity contribution in [3.8, 4) is 0 Å². The Balaban J connectivity index is 1.77. The molecule has 0 atom stereocenters. The quantitative estimate of drug-likeness (QED) is 0.200. The van der Waals surface area contributed by atoms with E-state index in [0.29, 0.717) is 0 Å². The number of hydrogen-bond acceptors (Lipinski definition) is 7. The highest BCUT2D eigenvalue weighted by Crippen LogP contribution is 2.27. The highest BCUT2D eigenvalue weighted by atomic mass is 16.2. The van der Waals surface area contributed by atoms with Crippen LogP contribution in [0.15, 0.2) is 40.2 Å². The maximum atomic E-state index is 12.4. The van der Waals surface area contributed by atoms with Crippen LogP contribution in [0, 0.1) is 22.2 Å². The number of amides is 2. The molecular weight excluding hydrogens is 406 g/mol. The molecule has 0 aromatic carbocycles. The largest absolute Gasteiger partial charge is 0.386 e. The van der Waals surface area contributed by atoms with Crippen molar-refractivity contribution in [3.63, 3.8) is 0 Å². The summed E-state index contributed by atoms with van der Waals surface area (Å²) in [5.74, 6) is -2.93. The second-order valence-electron chi connectivity index (χ2n) is 7.10. The lowest BCUT2D eigenvalue weighted by Gasteiger charge is -2.28. The number of imidazole rings is 1. The average Bonchev–Trinajstić information content (AvgIpc) is 3.13. The molecule has 13 nitrogen and oxygen atoms in total. The van der Waals surface area contributed by atoms with Gasteiger partial charge in [0.1, 0.15) is 23.6 Å². The fourth-order valence-corrected chi connectivity index (χ4v) is 3.24. The Kier molecular flexibility index (Phi) is 5.19. The molecule has 13 heteroatoms. The second kappa shape index (κ2) is 7.51. The van der Waals surface area contributed by atoms with Crippen molar-refractivity contribution in [1.29, 1.82) is 10.8 Å². The van der Waals surface area contributed by atoms with Gasteiger partial charge in [0.05, 0.1) is 12.2 Å².